The van der Waals surface area contributed by atoms with Gasteiger partial charge in [-0.2, -0.15) is 0 Å². The number of fused-ring (bicyclic) bond motifs is 2. The van der Waals surface area contributed by atoms with Crippen LogP contribution in [-0.2, 0) is 10.2 Å². The van der Waals surface area contributed by atoms with E-state index in [4.69, 9.17) is 4.74 Å². The number of esters is 1. The van der Waals surface area contributed by atoms with Gasteiger partial charge in [-0.15, -0.1) is 0 Å². The summed E-state index contributed by atoms with van der Waals surface area (Å²) in [7, 11) is 2.19. The first-order valence-corrected chi connectivity index (χ1v) is 12.2. The number of ether oxygens (including phenoxy) is 1. The van der Waals surface area contributed by atoms with Crippen LogP contribution in [-0.4, -0.2) is 43.0 Å². The highest BCUT2D eigenvalue weighted by Gasteiger charge is 2.48. The summed E-state index contributed by atoms with van der Waals surface area (Å²) in [5.41, 5.74) is 1.88. The second kappa shape index (κ2) is 9.22. The van der Waals surface area contributed by atoms with Crippen molar-refractivity contribution < 1.29 is 14.3 Å². The third-order valence-corrected chi connectivity index (χ3v) is 7.74. The largest absolute Gasteiger partial charge is 0.427 e. The predicted molar refractivity (Wildman–Crippen MR) is 134 cm³/mol. The van der Waals surface area contributed by atoms with E-state index in [1.807, 2.05) is 54.6 Å². The number of hydrogen-bond acceptors (Lipinski definition) is 4. The molecule has 1 amide bonds. The van der Waals surface area contributed by atoms with Crippen LogP contribution < -0.4 is 10.1 Å². The second-order valence-corrected chi connectivity index (χ2v) is 10.0. The van der Waals surface area contributed by atoms with Crippen molar-refractivity contribution >= 4 is 22.6 Å². The number of carbonyl (C=O) groups is 2. The molecule has 1 aliphatic carbocycles. The van der Waals surface area contributed by atoms with Gasteiger partial charge in [0, 0.05) is 30.5 Å². The van der Waals surface area contributed by atoms with E-state index in [-0.39, 0.29) is 23.3 Å². The number of carbonyl (C=O) groups excluding carboxylic acids is 2. The Hall–Kier alpha value is -3.18. The maximum Gasteiger partial charge on any atom is 0.308 e. The van der Waals surface area contributed by atoms with Crippen molar-refractivity contribution in [1.82, 2.24) is 10.2 Å². The molecule has 1 aliphatic heterocycles. The van der Waals surface area contributed by atoms with E-state index in [1.165, 1.54) is 12.5 Å². The zero-order chi connectivity index (χ0) is 23.7. The average Bonchev–Trinajstić information content (AvgIpc) is 2.83. The van der Waals surface area contributed by atoms with Gasteiger partial charge in [-0.3, -0.25) is 9.59 Å². The Morgan fingerprint density at radius 1 is 1.00 bits per heavy atom. The Bertz CT molecular complexity index is 1220. The molecule has 0 radical (unpaired) electrons. The number of rotatable bonds is 4. The maximum atomic E-state index is 13.2. The van der Waals surface area contributed by atoms with E-state index in [0.717, 1.165) is 49.5 Å². The van der Waals surface area contributed by atoms with Gasteiger partial charge in [-0.05, 0) is 85.8 Å². The van der Waals surface area contributed by atoms with Gasteiger partial charge in [0.05, 0.1) is 0 Å². The number of piperidine rings is 1. The molecule has 0 bridgehead atoms. The molecule has 2 fully saturated rings. The number of benzene rings is 3. The lowest BCUT2D eigenvalue weighted by Gasteiger charge is -2.52. The molecule has 1 heterocycles. The molecule has 1 N–H and O–H groups in total. The Morgan fingerprint density at radius 2 is 1.82 bits per heavy atom. The summed E-state index contributed by atoms with van der Waals surface area (Å²) in [5, 5.41) is 5.56. The highest BCUT2D eigenvalue weighted by molar-refractivity contribution is 5.98. The lowest BCUT2D eigenvalue weighted by Crippen LogP contribution is -2.55. The number of likely N-dealkylation sites (tertiary alicyclic amines) is 1. The van der Waals surface area contributed by atoms with Crippen molar-refractivity contribution in [2.75, 3.05) is 20.1 Å². The van der Waals surface area contributed by atoms with E-state index >= 15 is 0 Å². The molecule has 34 heavy (non-hydrogen) atoms. The fraction of sp³-hybridized carbons (Fsp3) is 0.379. The van der Waals surface area contributed by atoms with Gasteiger partial charge in [0.2, 0.25) is 0 Å². The molecule has 3 atom stereocenters. The van der Waals surface area contributed by atoms with E-state index in [0.29, 0.717) is 17.2 Å². The van der Waals surface area contributed by atoms with Crippen LogP contribution in [0.1, 0.15) is 48.5 Å². The standard InChI is InChI=1S/C29H32N2O3/c1-20(32)34-27-9-5-8-24(17-27)29-14-15-31(2)19-25(29)12-13-26(18-29)30-28(33)23-11-10-21-6-3-4-7-22(21)16-23/h3-11,16-17,25-26H,12-15,18-19H2,1-2H3,(H,30,33)/t25-,26-,29+/m1/s1. The summed E-state index contributed by atoms with van der Waals surface area (Å²) in [6, 6.07) is 22.1. The van der Waals surface area contributed by atoms with Crippen molar-refractivity contribution in [3.63, 3.8) is 0 Å². The monoisotopic (exact) mass is 456 g/mol. The van der Waals surface area contributed by atoms with Gasteiger partial charge in [0.15, 0.2) is 0 Å². The van der Waals surface area contributed by atoms with Crippen molar-refractivity contribution in [2.24, 2.45) is 5.92 Å². The SMILES string of the molecule is CC(=O)Oc1cccc([C@@]23CCN(C)C[C@H]2CC[C@@H](NC(=O)c2ccc4ccccc4c2)C3)c1. The minimum atomic E-state index is -0.307. The zero-order valence-corrected chi connectivity index (χ0v) is 19.9. The third kappa shape index (κ3) is 4.45. The van der Waals surface area contributed by atoms with Crippen molar-refractivity contribution in [2.45, 2.75) is 44.1 Å². The molecule has 5 rings (SSSR count). The Labute approximate surface area is 201 Å². The van der Waals surface area contributed by atoms with Crippen LogP contribution in [0.25, 0.3) is 10.8 Å². The fourth-order valence-corrected chi connectivity index (χ4v) is 6.07. The summed E-state index contributed by atoms with van der Waals surface area (Å²) >= 11 is 0. The number of nitrogens with zero attached hydrogens (tertiary/aromatic N) is 1. The third-order valence-electron chi connectivity index (χ3n) is 7.74. The van der Waals surface area contributed by atoms with Crippen LogP contribution in [0.5, 0.6) is 5.75 Å². The Morgan fingerprint density at radius 3 is 2.65 bits per heavy atom. The van der Waals surface area contributed by atoms with Crippen LogP contribution in [0.2, 0.25) is 0 Å². The van der Waals surface area contributed by atoms with Gasteiger partial charge in [-0.1, -0.05) is 42.5 Å². The topological polar surface area (TPSA) is 58.6 Å². The van der Waals surface area contributed by atoms with Gasteiger partial charge in [0.25, 0.3) is 5.91 Å². The highest BCUT2D eigenvalue weighted by Crippen LogP contribution is 2.49. The lowest BCUT2D eigenvalue weighted by molar-refractivity contribution is -0.131. The zero-order valence-electron chi connectivity index (χ0n) is 19.9. The average molecular weight is 457 g/mol. The molecule has 3 aromatic carbocycles. The molecular weight excluding hydrogens is 424 g/mol. The van der Waals surface area contributed by atoms with Crippen LogP contribution in [0.4, 0.5) is 0 Å². The van der Waals surface area contributed by atoms with Gasteiger partial charge in [-0.25, -0.2) is 0 Å². The number of amides is 1. The summed E-state index contributed by atoms with van der Waals surface area (Å²) < 4.78 is 5.41. The first-order chi connectivity index (χ1) is 16.4. The minimum Gasteiger partial charge on any atom is -0.427 e. The lowest BCUT2D eigenvalue weighted by atomic mass is 9.58. The molecule has 0 aromatic heterocycles. The van der Waals surface area contributed by atoms with E-state index in [9.17, 15) is 9.59 Å². The Balaban J connectivity index is 1.40. The minimum absolute atomic E-state index is 0.00838. The molecule has 0 unspecified atom stereocenters. The molecule has 2 aliphatic rings. The van der Waals surface area contributed by atoms with Crippen LogP contribution in [0, 0.1) is 5.92 Å². The van der Waals surface area contributed by atoms with E-state index in [2.05, 4.69) is 29.4 Å². The van der Waals surface area contributed by atoms with Crippen LogP contribution in [0.15, 0.2) is 66.7 Å². The van der Waals surface area contributed by atoms with Gasteiger partial charge >= 0.3 is 5.97 Å². The summed E-state index contributed by atoms with van der Waals surface area (Å²) in [5.74, 6) is 0.789. The molecule has 0 spiro atoms. The first-order valence-electron chi connectivity index (χ1n) is 12.2. The van der Waals surface area contributed by atoms with Crippen molar-refractivity contribution in [3.05, 3.63) is 77.9 Å². The highest BCUT2D eigenvalue weighted by atomic mass is 16.5. The Kier molecular flexibility index (Phi) is 6.13. The summed E-state index contributed by atoms with van der Waals surface area (Å²) in [6.45, 7) is 3.49. The molecular formula is C29H32N2O3. The molecule has 3 aromatic rings. The van der Waals surface area contributed by atoms with E-state index < -0.39 is 0 Å². The maximum absolute atomic E-state index is 13.2. The van der Waals surface area contributed by atoms with Crippen molar-refractivity contribution in [3.8, 4) is 5.75 Å². The molecule has 1 saturated carbocycles. The fourth-order valence-electron chi connectivity index (χ4n) is 6.07. The van der Waals surface area contributed by atoms with Gasteiger partial charge < -0.3 is 15.0 Å². The first kappa shape index (κ1) is 22.6. The van der Waals surface area contributed by atoms with Crippen molar-refractivity contribution in [1.29, 1.82) is 0 Å². The molecule has 5 heteroatoms. The summed E-state index contributed by atoms with van der Waals surface area (Å²) in [4.78, 5) is 27.2. The van der Waals surface area contributed by atoms with Gasteiger partial charge in [0.1, 0.15) is 5.75 Å². The number of hydrogen-bond donors (Lipinski definition) is 1. The second-order valence-electron chi connectivity index (χ2n) is 10.0. The smallest absolute Gasteiger partial charge is 0.308 e. The van der Waals surface area contributed by atoms with Crippen LogP contribution >= 0.6 is 0 Å². The molecule has 1 saturated heterocycles. The molecule has 176 valence electrons. The normalized spacial score (nSPS) is 24.9. The summed E-state index contributed by atoms with van der Waals surface area (Å²) in [6.07, 6.45) is 3.96. The number of nitrogens with one attached hydrogen (secondary N) is 1. The van der Waals surface area contributed by atoms with Crippen LogP contribution in [0.3, 0.4) is 0 Å². The van der Waals surface area contributed by atoms with E-state index in [1.54, 1.807) is 0 Å². The molecule has 5 nitrogen and oxygen atoms in total. The quantitative estimate of drug-likeness (QED) is 0.446. The predicted octanol–water partition coefficient (Wildman–Crippen LogP) is 4.94.